The molecule has 0 amide bonds. The van der Waals surface area contributed by atoms with Crippen LogP contribution < -0.4 is 10.5 Å². The molecule has 0 bridgehead atoms. The van der Waals surface area contributed by atoms with Crippen LogP contribution in [-0.4, -0.2) is 11.0 Å². The van der Waals surface area contributed by atoms with Crippen LogP contribution in [0.15, 0.2) is 41.6 Å². The first-order valence-corrected chi connectivity index (χ1v) is 7.31. The summed E-state index contributed by atoms with van der Waals surface area (Å²) in [5.41, 5.74) is 6.32. The van der Waals surface area contributed by atoms with Crippen molar-refractivity contribution in [2.75, 3.05) is 0 Å². The van der Waals surface area contributed by atoms with Gasteiger partial charge < -0.3 is 15.7 Å². The SMILES string of the molecule is N/C(=N\O)c1cccc(C2Cc3cc(C(F)(F)F)cc(Cl)c3O2)c1. The first-order chi connectivity index (χ1) is 11.3. The van der Waals surface area contributed by atoms with E-state index in [0.717, 1.165) is 12.1 Å². The molecule has 1 aliphatic heterocycles. The summed E-state index contributed by atoms with van der Waals surface area (Å²) in [7, 11) is 0. The lowest BCUT2D eigenvalue weighted by atomic mass is 10.00. The first-order valence-electron chi connectivity index (χ1n) is 6.93. The van der Waals surface area contributed by atoms with Gasteiger partial charge in [0.1, 0.15) is 11.9 Å². The molecule has 1 aliphatic rings. The van der Waals surface area contributed by atoms with E-state index in [1.54, 1.807) is 24.3 Å². The van der Waals surface area contributed by atoms with Crippen molar-refractivity contribution >= 4 is 17.4 Å². The topological polar surface area (TPSA) is 67.8 Å². The maximum absolute atomic E-state index is 12.9. The molecule has 0 aliphatic carbocycles. The van der Waals surface area contributed by atoms with Gasteiger partial charge >= 0.3 is 6.18 Å². The summed E-state index contributed by atoms with van der Waals surface area (Å²) in [5.74, 6) is 0.189. The van der Waals surface area contributed by atoms with Crippen LogP contribution in [0.2, 0.25) is 5.02 Å². The first kappa shape index (κ1) is 16.4. The number of halogens is 4. The van der Waals surface area contributed by atoms with Gasteiger partial charge in [-0.25, -0.2) is 0 Å². The molecule has 2 aromatic carbocycles. The van der Waals surface area contributed by atoms with Gasteiger partial charge in [0.15, 0.2) is 5.84 Å². The van der Waals surface area contributed by atoms with E-state index in [-0.39, 0.29) is 23.0 Å². The van der Waals surface area contributed by atoms with Gasteiger partial charge in [-0.15, -0.1) is 0 Å². The molecular weight excluding hydrogens is 345 g/mol. The van der Waals surface area contributed by atoms with E-state index in [2.05, 4.69) is 5.16 Å². The average molecular weight is 357 g/mol. The van der Waals surface area contributed by atoms with Crippen LogP contribution in [0.5, 0.6) is 5.75 Å². The molecule has 0 fully saturated rings. The highest BCUT2D eigenvalue weighted by Crippen LogP contribution is 2.44. The van der Waals surface area contributed by atoms with Crippen molar-refractivity contribution in [3.05, 3.63) is 63.7 Å². The van der Waals surface area contributed by atoms with E-state index < -0.39 is 17.8 Å². The standard InChI is InChI=1S/C16H12ClF3N2O2/c17-12-7-11(16(18,19)20)5-10-6-13(24-14(10)12)8-2-1-3-9(4-8)15(21)22-23/h1-5,7,13,23H,6H2,(H2,21,22). The molecule has 0 saturated carbocycles. The van der Waals surface area contributed by atoms with Gasteiger partial charge in [0, 0.05) is 17.5 Å². The molecule has 3 N–H and O–H groups in total. The quantitative estimate of drug-likeness (QED) is 0.368. The molecule has 0 aromatic heterocycles. The Morgan fingerprint density at radius 2 is 2.04 bits per heavy atom. The summed E-state index contributed by atoms with van der Waals surface area (Å²) in [6.07, 6.45) is -4.71. The zero-order valence-electron chi connectivity index (χ0n) is 12.1. The van der Waals surface area contributed by atoms with Gasteiger partial charge in [-0.1, -0.05) is 35.0 Å². The monoisotopic (exact) mass is 356 g/mol. The van der Waals surface area contributed by atoms with Crippen molar-refractivity contribution < 1.29 is 23.1 Å². The molecule has 2 aromatic rings. The molecule has 1 heterocycles. The second kappa shape index (κ2) is 5.90. The molecular formula is C16H12ClF3N2O2. The second-order valence-electron chi connectivity index (χ2n) is 5.37. The molecule has 1 unspecified atom stereocenters. The Bertz CT molecular complexity index is 821. The third kappa shape index (κ3) is 2.99. The fourth-order valence-electron chi connectivity index (χ4n) is 2.62. The van der Waals surface area contributed by atoms with Crippen LogP contribution in [0.3, 0.4) is 0 Å². The number of oxime groups is 1. The Balaban J connectivity index is 1.93. The predicted octanol–water partition coefficient (Wildman–Crippen LogP) is 4.13. The Kier molecular flexibility index (Phi) is 4.04. The number of fused-ring (bicyclic) bond motifs is 1. The molecule has 0 radical (unpaired) electrons. The number of nitrogens with two attached hydrogens (primary N) is 1. The molecule has 8 heteroatoms. The van der Waals surface area contributed by atoms with Crippen LogP contribution in [0, 0.1) is 0 Å². The van der Waals surface area contributed by atoms with Gasteiger partial charge in [0.2, 0.25) is 0 Å². The van der Waals surface area contributed by atoms with Gasteiger partial charge in [0.05, 0.1) is 10.6 Å². The van der Waals surface area contributed by atoms with Crippen molar-refractivity contribution in [3.63, 3.8) is 0 Å². The van der Waals surface area contributed by atoms with E-state index in [1.807, 2.05) is 0 Å². The third-order valence-electron chi connectivity index (χ3n) is 3.78. The van der Waals surface area contributed by atoms with E-state index >= 15 is 0 Å². The highest BCUT2D eigenvalue weighted by atomic mass is 35.5. The largest absolute Gasteiger partial charge is 0.484 e. The van der Waals surface area contributed by atoms with Gasteiger partial charge in [-0.2, -0.15) is 13.2 Å². The van der Waals surface area contributed by atoms with E-state index in [1.165, 1.54) is 0 Å². The maximum Gasteiger partial charge on any atom is 0.416 e. The van der Waals surface area contributed by atoms with E-state index in [0.29, 0.717) is 16.7 Å². The highest BCUT2D eigenvalue weighted by Gasteiger charge is 2.35. The molecule has 0 saturated heterocycles. The zero-order valence-corrected chi connectivity index (χ0v) is 12.9. The van der Waals surface area contributed by atoms with Crippen molar-refractivity contribution in [2.24, 2.45) is 10.9 Å². The number of alkyl halides is 3. The maximum atomic E-state index is 12.9. The number of rotatable bonds is 2. The third-order valence-corrected chi connectivity index (χ3v) is 4.06. The van der Waals surface area contributed by atoms with Crippen LogP contribution in [0.4, 0.5) is 13.2 Å². The molecule has 4 nitrogen and oxygen atoms in total. The van der Waals surface area contributed by atoms with Crippen molar-refractivity contribution in [2.45, 2.75) is 18.7 Å². The van der Waals surface area contributed by atoms with Gasteiger partial charge in [-0.3, -0.25) is 0 Å². The van der Waals surface area contributed by atoms with Crippen molar-refractivity contribution in [1.82, 2.24) is 0 Å². The average Bonchev–Trinajstić information content (AvgIpc) is 2.98. The van der Waals surface area contributed by atoms with Crippen LogP contribution >= 0.6 is 11.6 Å². The molecule has 1 atom stereocenters. The molecule has 24 heavy (non-hydrogen) atoms. The van der Waals surface area contributed by atoms with E-state index in [4.69, 9.17) is 27.3 Å². The number of ether oxygens (including phenoxy) is 1. The Morgan fingerprint density at radius 3 is 2.71 bits per heavy atom. The number of benzene rings is 2. The Labute approximate surface area is 140 Å². The fourth-order valence-corrected chi connectivity index (χ4v) is 2.91. The van der Waals surface area contributed by atoms with E-state index in [9.17, 15) is 13.2 Å². The molecule has 0 spiro atoms. The molecule has 126 valence electrons. The van der Waals surface area contributed by atoms with Crippen LogP contribution in [0.1, 0.15) is 28.4 Å². The summed E-state index contributed by atoms with van der Waals surface area (Å²) in [5, 5.41) is 11.6. The lowest BCUT2D eigenvalue weighted by Gasteiger charge is -2.13. The predicted molar refractivity (Wildman–Crippen MR) is 82.5 cm³/mol. The summed E-state index contributed by atoms with van der Waals surface area (Å²) in [6.45, 7) is 0. The zero-order chi connectivity index (χ0) is 17.5. The minimum absolute atomic E-state index is 0.0650. The highest BCUT2D eigenvalue weighted by molar-refractivity contribution is 6.32. The minimum Gasteiger partial charge on any atom is -0.484 e. The van der Waals surface area contributed by atoms with Gasteiger partial charge in [-0.05, 0) is 23.8 Å². The van der Waals surface area contributed by atoms with Crippen LogP contribution in [-0.2, 0) is 12.6 Å². The van der Waals surface area contributed by atoms with Crippen LogP contribution in [0.25, 0.3) is 0 Å². The smallest absolute Gasteiger partial charge is 0.416 e. The lowest BCUT2D eigenvalue weighted by molar-refractivity contribution is -0.137. The number of amidine groups is 1. The van der Waals surface area contributed by atoms with Crippen molar-refractivity contribution in [1.29, 1.82) is 0 Å². The number of hydrogen-bond acceptors (Lipinski definition) is 3. The lowest BCUT2D eigenvalue weighted by Crippen LogP contribution is -2.14. The normalized spacial score (nSPS) is 17.5. The number of hydrogen-bond donors (Lipinski definition) is 2. The van der Waals surface area contributed by atoms with Gasteiger partial charge in [0.25, 0.3) is 0 Å². The second-order valence-corrected chi connectivity index (χ2v) is 5.77. The Hall–Kier alpha value is -2.41. The summed E-state index contributed by atoms with van der Waals surface area (Å²) < 4.78 is 44.4. The minimum atomic E-state index is -4.47. The summed E-state index contributed by atoms with van der Waals surface area (Å²) >= 11 is 5.94. The van der Waals surface area contributed by atoms with Crippen molar-refractivity contribution in [3.8, 4) is 5.75 Å². The summed E-state index contributed by atoms with van der Waals surface area (Å²) in [4.78, 5) is 0. The molecule has 3 rings (SSSR count). The fraction of sp³-hybridized carbons (Fsp3) is 0.188. The Morgan fingerprint density at radius 1 is 1.29 bits per heavy atom. The summed E-state index contributed by atoms with van der Waals surface area (Å²) in [6, 6.07) is 8.66. The number of nitrogens with zero attached hydrogens (tertiary/aromatic N) is 1.